The van der Waals surface area contributed by atoms with Crippen molar-refractivity contribution in [1.29, 1.82) is 0 Å². The van der Waals surface area contributed by atoms with E-state index < -0.39 is 0 Å². The van der Waals surface area contributed by atoms with Gasteiger partial charge in [-0.3, -0.25) is 13.9 Å². The van der Waals surface area contributed by atoms with Crippen molar-refractivity contribution < 1.29 is 4.74 Å². The Morgan fingerprint density at radius 1 is 1.03 bits per heavy atom. The molecule has 0 N–H and O–H groups in total. The van der Waals surface area contributed by atoms with Gasteiger partial charge in [-0.05, 0) is 37.6 Å². The third-order valence-corrected chi connectivity index (χ3v) is 5.57. The Hall–Kier alpha value is -3.74. The summed E-state index contributed by atoms with van der Waals surface area (Å²) in [5.74, 6) is 0.712. The highest BCUT2D eigenvalue weighted by Gasteiger charge is 2.21. The van der Waals surface area contributed by atoms with Gasteiger partial charge < -0.3 is 4.74 Å². The Morgan fingerprint density at radius 3 is 2.53 bits per heavy atom. The van der Waals surface area contributed by atoms with Crippen LogP contribution in [0.2, 0.25) is 0 Å². The van der Waals surface area contributed by atoms with Gasteiger partial charge in [-0.1, -0.05) is 25.1 Å². The number of ether oxygens (including phenoxy) is 1. The van der Waals surface area contributed by atoms with E-state index in [9.17, 15) is 4.79 Å². The van der Waals surface area contributed by atoms with E-state index in [0.717, 1.165) is 23.1 Å². The first-order valence-corrected chi connectivity index (χ1v) is 9.94. The lowest BCUT2D eigenvalue weighted by Crippen LogP contribution is -2.23. The van der Waals surface area contributed by atoms with Crippen molar-refractivity contribution >= 4 is 33.2 Å². The number of nitrogens with zero attached hydrogens (tertiary/aromatic N) is 5. The van der Waals surface area contributed by atoms with Gasteiger partial charge in [0.2, 0.25) is 0 Å². The molecule has 0 fully saturated rings. The zero-order chi connectivity index (χ0) is 20.8. The van der Waals surface area contributed by atoms with Crippen molar-refractivity contribution in [1.82, 2.24) is 24.1 Å². The number of hydrogen-bond donors (Lipinski definition) is 0. The van der Waals surface area contributed by atoms with Crippen molar-refractivity contribution in [2.75, 3.05) is 7.11 Å². The zero-order valence-electron chi connectivity index (χ0n) is 17.0. The molecule has 5 rings (SSSR count). The molecule has 0 saturated carbocycles. The molecule has 7 heteroatoms. The van der Waals surface area contributed by atoms with Gasteiger partial charge in [0.15, 0.2) is 11.3 Å². The molecule has 150 valence electrons. The number of rotatable bonds is 4. The van der Waals surface area contributed by atoms with Gasteiger partial charge in [0.1, 0.15) is 23.0 Å². The molecule has 7 nitrogen and oxygen atoms in total. The van der Waals surface area contributed by atoms with Crippen LogP contribution in [-0.4, -0.2) is 31.2 Å². The van der Waals surface area contributed by atoms with Gasteiger partial charge in [0.25, 0.3) is 5.56 Å². The summed E-state index contributed by atoms with van der Waals surface area (Å²) in [5.41, 5.74) is 3.91. The molecule has 0 aliphatic rings. The summed E-state index contributed by atoms with van der Waals surface area (Å²) in [4.78, 5) is 27.8. The molecule has 0 aliphatic carbocycles. The maximum Gasteiger partial charge on any atom is 0.265 e. The maximum atomic E-state index is 13.5. The third kappa shape index (κ3) is 2.66. The fourth-order valence-electron chi connectivity index (χ4n) is 3.75. The number of para-hydroxylation sites is 2. The Balaban J connectivity index is 1.97. The van der Waals surface area contributed by atoms with Gasteiger partial charge in [-0.25, -0.2) is 15.0 Å². The van der Waals surface area contributed by atoms with Gasteiger partial charge in [0.05, 0.1) is 23.8 Å². The summed E-state index contributed by atoms with van der Waals surface area (Å²) in [5, 5.41) is 0.480. The van der Waals surface area contributed by atoms with Crippen LogP contribution in [0.3, 0.4) is 0 Å². The average Bonchev–Trinajstić information content (AvgIpc) is 3.11. The van der Waals surface area contributed by atoms with Crippen LogP contribution < -0.4 is 10.3 Å². The standard InChI is InChI=1S/C23H21N5O2/c1-4-14(2)27-13-24-21-19(23(27)29)20-22(26-18-11-6-5-10-17(18)25-20)28(21)15-8-7-9-16(12-15)30-3/h5-14H,4H2,1-3H3/t14-/m0/s1. The van der Waals surface area contributed by atoms with Crippen LogP contribution in [0.1, 0.15) is 26.3 Å². The molecule has 0 radical (unpaired) electrons. The average molecular weight is 399 g/mol. The molecular formula is C23H21N5O2. The minimum Gasteiger partial charge on any atom is -0.497 e. The predicted molar refractivity (Wildman–Crippen MR) is 117 cm³/mol. The fourth-order valence-corrected chi connectivity index (χ4v) is 3.75. The molecule has 1 atom stereocenters. The van der Waals surface area contributed by atoms with Crippen LogP contribution in [0.5, 0.6) is 5.75 Å². The van der Waals surface area contributed by atoms with Gasteiger partial charge in [-0.2, -0.15) is 0 Å². The van der Waals surface area contributed by atoms with Crippen LogP contribution in [0.25, 0.3) is 38.9 Å². The van der Waals surface area contributed by atoms with E-state index >= 15 is 0 Å². The third-order valence-electron chi connectivity index (χ3n) is 5.57. The molecule has 0 aliphatic heterocycles. The summed E-state index contributed by atoms with van der Waals surface area (Å²) < 4.78 is 8.96. The monoisotopic (exact) mass is 399 g/mol. The van der Waals surface area contributed by atoms with Crippen LogP contribution in [-0.2, 0) is 0 Å². The Morgan fingerprint density at radius 2 is 1.80 bits per heavy atom. The second kappa shape index (κ2) is 6.95. The smallest absolute Gasteiger partial charge is 0.265 e. The highest BCUT2D eigenvalue weighted by molar-refractivity contribution is 6.05. The van der Waals surface area contributed by atoms with E-state index in [1.807, 2.05) is 66.9 Å². The molecule has 3 aromatic heterocycles. The molecule has 0 spiro atoms. The van der Waals surface area contributed by atoms with Crippen molar-refractivity contribution in [3.63, 3.8) is 0 Å². The normalized spacial score (nSPS) is 12.6. The summed E-state index contributed by atoms with van der Waals surface area (Å²) >= 11 is 0. The molecule has 0 saturated heterocycles. The van der Waals surface area contributed by atoms with Gasteiger partial charge in [-0.15, -0.1) is 0 Å². The maximum absolute atomic E-state index is 13.5. The van der Waals surface area contributed by atoms with Crippen molar-refractivity contribution in [3.8, 4) is 11.4 Å². The Bertz CT molecular complexity index is 1470. The van der Waals surface area contributed by atoms with Crippen molar-refractivity contribution in [3.05, 3.63) is 65.2 Å². The van der Waals surface area contributed by atoms with Crippen LogP contribution in [0, 0.1) is 0 Å². The topological polar surface area (TPSA) is 74.8 Å². The van der Waals surface area contributed by atoms with Crippen LogP contribution in [0.4, 0.5) is 0 Å². The number of benzene rings is 2. The number of fused-ring (bicyclic) bond motifs is 4. The SMILES string of the molecule is CC[C@H](C)n1cnc2c(c1=O)c1nc3ccccc3nc1n2-c1cccc(OC)c1. The first-order valence-electron chi connectivity index (χ1n) is 9.94. The molecular weight excluding hydrogens is 378 g/mol. The largest absolute Gasteiger partial charge is 0.497 e. The molecule has 0 bridgehead atoms. The quantitative estimate of drug-likeness (QED) is 0.451. The van der Waals surface area contributed by atoms with E-state index in [0.29, 0.717) is 27.9 Å². The second-order valence-corrected chi connectivity index (χ2v) is 7.33. The van der Waals surface area contributed by atoms with E-state index in [1.165, 1.54) is 0 Å². The summed E-state index contributed by atoms with van der Waals surface area (Å²) in [6.07, 6.45) is 2.45. The molecule has 0 unspecified atom stereocenters. The van der Waals surface area contributed by atoms with E-state index in [-0.39, 0.29) is 11.6 Å². The molecule has 0 amide bonds. The molecule has 30 heavy (non-hydrogen) atoms. The zero-order valence-corrected chi connectivity index (χ0v) is 17.0. The number of aromatic nitrogens is 5. The highest BCUT2D eigenvalue weighted by atomic mass is 16.5. The summed E-state index contributed by atoms with van der Waals surface area (Å²) in [6, 6.07) is 15.3. The lowest BCUT2D eigenvalue weighted by molar-refractivity contribution is 0.414. The van der Waals surface area contributed by atoms with Crippen LogP contribution >= 0.6 is 0 Å². The number of methoxy groups -OCH3 is 1. The lowest BCUT2D eigenvalue weighted by atomic mass is 10.2. The second-order valence-electron chi connectivity index (χ2n) is 7.33. The predicted octanol–water partition coefficient (Wildman–Crippen LogP) is 4.26. The summed E-state index contributed by atoms with van der Waals surface area (Å²) in [7, 11) is 1.63. The minimum atomic E-state index is -0.106. The molecule has 3 heterocycles. The van der Waals surface area contributed by atoms with Crippen LogP contribution in [0.15, 0.2) is 59.7 Å². The van der Waals surface area contributed by atoms with E-state index in [2.05, 4.69) is 4.98 Å². The van der Waals surface area contributed by atoms with E-state index in [4.69, 9.17) is 14.7 Å². The number of hydrogen-bond acceptors (Lipinski definition) is 5. The molecule has 5 aromatic rings. The van der Waals surface area contributed by atoms with E-state index in [1.54, 1.807) is 18.0 Å². The fraction of sp³-hybridized carbons (Fsp3) is 0.217. The van der Waals surface area contributed by atoms with Gasteiger partial charge >= 0.3 is 0 Å². The first kappa shape index (κ1) is 18.3. The van der Waals surface area contributed by atoms with Crippen molar-refractivity contribution in [2.45, 2.75) is 26.3 Å². The first-order chi connectivity index (χ1) is 14.6. The lowest BCUT2D eigenvalue weighted by Gasteiger charge is -2.12. The highest BCUT2D eigenvalue weighted by Crippen LogP contribution is 2.29. The van der Waals surface area contributed by atoms with Crippen molar-refractivity contribution in [2.24, 2.45) is 0 Å². The molecule has 2 aromatic carbocycles. The Labute approximate surface area is 172 Å². The van der Waals surface area contributed by atoms with Gasteiger partial charge in [0, 0.05) is 12.1 Å². The summed E-state index contributed by atoms with van der Waals surface area (Å²) in [6.45, 7) is 4.06. The minimum absolute atomic E-state index is 0.0398. The Kier molecular flexibility index (Phi) is 4.24.